The second kappa shape index (κ2) is 10.3. The van der Waals surface area contributed by atoms with Gasteiger partial charge in [-0.15, -0.1) is 6.58 Å². The molecule has 1 heterocycles. The lowest BCUT2D eigenvalue weighted by Crippen LogP contribution is -2.54. The first-order valence-electron chi connectivity index (χ1n) is 7.51. The number of hydrogen-bond acceptors (Lipinski definition) is 5. The maximum atomic E-state index is 9.71. The van der Waals surface area contributed by atoms with E-state index >= 15 is 0 Å². The summed E-state index contributed by atoms with van der Waals surface area (Å²) in [6.07, 6.45) is 4.97. The summed E-state index contributed by atoms with van der Waals surface area (Å²) in [5.74, 6) is 0. The molecule has 0 spiro atoms. The molecule has 5 nitrogen and oxygen atoms in total. The van der Waals surface area contributed by atoms with E-state index in [4.69, 9.17) is 9.47 Å². The van der Waals surface area contributed by atoms with E-state index < -0.39 is 24.4 Å². The third kappa shape index (κ3) is 6.33. The van der Waals surface area contributed by atoms with Crippen LogP contribution in [0.25, 0.3) is 0 Å². The Labute approximate surface area is 121 Å². The van der Waals surface area contributed by atoms with Crippen molar-refractivity contribution in [3.05, 3.63) is 12.7 Å². The Morgan fingerprint density at radius 2 is 1.75 bits per heavy atom. The van der Waals surface area contributed by atoms with Crippen LogP contribution in [-0.2, 0) is 9.47 Å². The van der Waals surface area contributed by atoms with Crippen molar-refractivity contribution in [2.45, 2.75) is 62.9 Å². The molecular weight excluding hydrogens is 260 g/mol. The van der Waals surface area contributed by atoms with Gasteiger partial charge < -0.3 is 24.8 Å². The zero-order valence-electron chi connectivity index (χ0n) is 12.1. The van der Waals surface area contributed by atoms with Crippen LogP contribution >= 0.6 is 0 Å². The number of aliphatic hydroxyl groups is 3. The summed E-state index contributed by atoms with van der Waals surface area (Å²) in [4.78, 5) is 0. The van der Waals surface area contributed by atoms with Gasteiger partial charge in [-0.1, -0.05) is 25.3 Å². The summed E-state index contributed by atoms with van der Waals surface area (Å²) in [6, 6.07) is 0. The van der Waals surface area contributed by atoms with Crippen molar-refractivity contribution in [3.63, 3.8) is 0 Å². The molecule has 1 fully saturated rings. The molecule has 1 rings (SSSR count). The van der Waals surface area contributed by atoms with E-state index in [-0.39, 0.29) is 13.2 Å². The van der Waals surface area contributed by atoms with Crippen molar-refractivity contribution < 1.29 is 24.8 Å². The lowest BCUT2D eigenvalue weighted by molar-refractivity contribution is -0.199. The predicted molar refractivity (Wildman–Crippen MR) is 76.5 cm³/mol. The Kier molecular flexibility index (Phi) is 9.05. The highest BCUT2D eigenvalue weighted by atomic mass is 16.6. The molecule has 0 aliphatic carbocycles. The molecule has 3 N–H and O–H groups in total. The summed E-state index contributed by atoms with van der Waals surface area (Å²) >= 11 is 0. The maximum Gasteiger partial charge on any atom is 0.111 e. The minimum atomic E-state index is -1.15. The number of aliphatic hydroxyl groups excluding tert-OH is 3. The first-order valence-corrected chi connectivity index (χ1v) is 7.51. The number of allylic oxidation sites excluding steroid dienone is 1. The highest BCUT2D eigenvalue weighted by Gasteiger charge is 2.37. The molecule has 1 aliphatic rings. The molecule has 118 valence electrons. The average molecular weight is 288 g/mol. The number of ether oxygens (including phenoxy) is 2. The number of unbranched alkanes of at least 4 members (excludes halogenated alkanes) is 5. The van der Waals surface area contributed by atoms with Crippen molar-refractivity contribution in [3.8, 4) is 0 Å². The third-order valence-electron chi connectivity index (χ3n) is 3.59. The molecule has 0 aromatic heterocycles. The molecule has 20 heavy (non-hydrogen) atoms. The zero-order chi connectivity index (χ0) is 14.8. The van der Waals surface area contributed by atoms with Crippen molar-refractivity contribution in [1.82, 2.24) is 0 Å². The van der Waals surface area contributed by atoms with Gasteiger partial charge in [-0.2, -0.15) is 0 Å². The van der Waals surface area contributed by atoms with Gasteiger partial charge in [0, 0.05) is 6.61 Å². The quantitative estimate of drug-likeness (QED) is 0.413. The molecule has 0 aromatic rings. The van der Waals surface area contributed by atoms with Gasteiger partial charge in [0.2, 0.25) is 0 Å². The molecule has 4 atom stereocenters. The predicted octanol–water partition coefficient (Wildman–Crippen LogP) is 1.01. The van der Waals surface area contributed by atoms with Crippen molar-refractivity contribution in [2.24, 2.45) is 0 Å². The van der Waals surface area contributed by atoms with Crippen LogP contribution < -0.4 is 0 Å². The van der Waals surface area contributed by atoms with Crippen molar-refractivity contribution in [2.75, 3.05) is 19.8 Å². The van der Waals surface area contributed by atoms with Crippen LogP contribution in [-0.4, -0.2) is 59.6 Å². The summed E-state index contributed by atoms with van der Waals surface area (Å²) in [7, 11) is 0. The monoisotopic (exact) mass is 288 g/mol. The van der Waals surface area contributed by atoms with Gasteiger partial charge >= 0.3 is 0 Å². The van der Waals surface area contributed by atoms with Gasteiger partial charge in [-0.3, -0.25) is 0 Å². The molecule has 0 radical (unpaired) electrons. The minimum absolute atomic E-state index is 0.0373. The summed E-state index contributed by atoms with van der Waals surface area (Å²) in [5.41, 5.74) is 0. The zero-order valence-corrected chi connectivity index (χ0v) is 12.1. The lowest BCUT2D eigenvalue weighted by Gasteiger charge is -2.35. The van der Waals surface area contributed by atoms with Crippen LogP contribution in [0.4, 0.5) is 0 Å². The van der Waals surface area contributed by atoms with Gasteiger partial charge in [-0.25, -0.2) is 0 Å². The Hall–Kier alpha value is -0.460. The number of hydrogen-bond donors (Lipinski definition) is 3. The lowest BCUT2D eigenvalue weighted by atomic mass is 10.0. The van der Waals surface area contributed by atoms with E-state index in [1.54, 1.807) is 0 Å². The van der Waals surface area contributed by atoms with Crippen LogP contribution in [0.2, 0.25) is 0 Å². The van der Waals surface area contributed by atoms with Gasteiger partial charge in [0.05, 0.1) is 13.2 Å². The van der Waals surface area contributed by atoms with Gasteiger partial charge in [0.15, 0.2) is 0 Å². The first-order chi connectivity index (χ1) is 9.66. The fourth-order valence-corrected chi connectivity index (χ4v) is 2.24. The second-order valence-electron chi connectivity index (χ2n) is 5.34. The van der Waals surface area contributed by atoms with E-state index in [1.165, 1.54) is 19.3 Å². The molecule has 0 amide bonds. The van der Waals surface area contributed by atoms with Gasteiger partial charge in [-0.05, 0) is 19.3 Å². The maximum absolute atomic E-state index is 9.71. The Morgan fingerprint density at radius 1 is 1.05 bits per heavy atom. The van der Waals surface area contributed by atoms with Crippen LogP contribution in [0.5, 0.6) is 0 Å². The summed E-state index contributed by atoms with van der Waals surface area (Å²) in [6.45, 7) is 4.61. The first kappa shape index (κ1) is 17.6. The molecule has 1 aliphatic heterocycles. The molecule has 0 bridgehead atoms. The van der Waals surface area contributed by atoms with Crippen LogP contribution in [0.1, 0.15) is 38.5 Å². The van der Waals surface area contributed by atoms with E-state index in [9.17, 15) is 15.3 Å². The van der Waals surface area contributed by atoms with E-state index in [1.807, 2.05) is 6.08 Å². The Balaban J connectivity index is 1.97. The van der Waals surface area contributed by atoms with Crippen LogP contribution in [0, 0.1) is 0 Å². The summed E-state index contributed by atoms with van der Waals surface area (Å²) in [5, 5.41) is 28.5. The minimum Gasteiger partial charge on any atom is -0.388 e. The van der Waals surface area contributed by atoms with Crippen molar-refractivity contribution >= 4 is 0 Å². The largest absolute Gasteiger partial charge is 0.388 e. The highest BCUT2D eigenvalue weighted by Crippen LogP contribution is 2.16. The fourth-order valence-electron chi connectivity index (χ4n) is 2.24. The molecule has 0 aromatic carbocycles. The van der Waals surface area contributed by atoms with Gasteiger partial charge in [0.25, 0.3) is 0 Å². The average Bonchev–Trinajstić information content (AvgIpc) is 2.45. The topological polar surface area (TPSA) is 79.2 Å². The molecule has 0 saturated carbocycles. The van der Waals surface area contributed by atoms with E-state index in [0.717, 1.165) is 19.3 Å². The molecule has 1 saturated heterocycles. The van der Waals surface area contributed by atoms with E-state index in [2.05, 4.69) is 6.58 Å². The third-order valence-corrected chi connectivity index (χ3v) is 3.59. The second-order valence-corrected chi connectivity index (χ2v) is 5.34. The van der Waals surface area contributed by atoms with E-state index in [0.29, 0.717) is 6.61 Å². The van der Waals surface area contributed by atoms with Crippen molar-refractivity contribution in [1.29, 1.82) is 0 Å². The Morgan fingerprint density at radius 3 is 2.50 bits per heavy atom. The normalized spacial score (nSPS) is 30.4. The Bertz CT molecular complexity index is 259. The smallest absolute Gasteiger partial charge is 0.111 e. The highest BCUT2D eigenvalue weighted by molar-refractivity contribution is 4.86. The standard InChI is InChI=1S/C15H28O5/c1-2-3-4-5-6-7-8-9-19-11-13-15(18)14(17)12(16)10-20-13/h2,12-18H,1,3-11H2/t12-,13+,14+,15+/m0/s1. The molecular formula is C15H28O5. The van der Waals surface area contributed by atoms with Gasteiger partial charge in [0.1, 0.15) is 24.4 Å². The molecule has 0 unspecified atom stereocenters. The number of rotatable bonds is 10. The molecule has 5 heteroatoms. The SMILES string of the molecule is C=CCCCCCCCOC[C@H]1OC[C@H](O)[C@@H](O)[C@@H]1O. The van der Waals surface area contributed by atoms with Crippen LogP contribution in [0.3, 0.4) is 0 Å². The summed E-state index contributed by atoms with van der Waals surface area (Å²) < 4.78 is 10.7. The van der Waals surface area contributed by atoms with Crippen LogP contribution in [0.15, 0.2) is 12.7 Å². The fraction of sp³-hybridized carbons (Fsp3) is 0.867.